The van der Waals surface area contributed by atoms with Crippen molar-refractivity contribution in [3.63, 3.8) is 0 Å². The molecular weight excluding hydrogens is 216 g/mol. The molecule has 0 heterocycles. The van der Waals surface area contributed by atoms with E-state index < -0.39 is 0 Å². The topological polar surface area (TPSA) is 0 Å². The second kappa shape index (κ2) is 5.05. The van der Waals surface area contributed by atoms with Gasteiger partial charge in [0.2, 0.25) is 0 Å². The first-order valence-corrected chi connectivity index (χ1v) is 6.10. The van der Waals surface area contributed by atoms with Crippen LogP contribution >= 0.6 is 0 Å². The molecule has 0 amide bonds. The minimum absolute atomic E-state index is 1.09. The Morgan fingerprint density at radius 1 is 0.722 bits per heavy atom. The lowest BCUT2D eigenvalue weighted by molar-refractivity contribution is 1.53. The van der Waals surface area contributed by atoms with Gasteiger partial charge in [0.25, 0.3) is 0 Å². The molecule has 0 bridgehead atoms. The fourth-order valence-electron chi connectivity index (χ4n) is 1.93. The van der Waals surface area contributed by atoms with Gasteiger partial charge in [0.05, 0.1) is 0 Å². The number of benzene rings is 2. The number of hydrogen-bond donors (Lipinski definition) is 0. The average molecular weight is 234 g/mol. The van der Waals surface area contributed by atoms with Gasteiger partial charge in [-0.25, -0.2) is 0 Å². The number of hydrogen-bond acceptors (Lipinski definition) is 0. The van der Waals surface area contributed by atoms with E-state index in [0.29, 0.717) is 0 Å². The Bertz CT molecular complexity index is 547. The van der Waals surface area contributed by atoms with E-state index in [-0.39, 0.29) is 0 Å². The highest BCUT2D eigenvalue weighted by Gasteiger charge is 2.01. The van der Waals surface area contributed by atoms with Gasteiger partial charge in [0, 0.05) is 0 Å². The summed E-state index contributed by atoms with van der Waals surface area (Å²) in [5, 5.41) is 0. The molecule has 0 aliphatic rings. The molecule has 0 aliphatic carbocycles. The molecule has 0 spiro atoms. The summed E-state index contributed by atoms with van der Waals surface area (Å²) in [5.74, 6) is 0. The van der Waals surface area contributed by atoms with Gasteiger partial charge < -0.3 is 0 Å². The summed E-state index contributed by atoms with van der Waals surface area (Å²) in [6.07, 6.45) is 0. The van der Waals surface area contributed by atoms with Crippen molar-refractivity contribution in [1.82, 2.24) is 0 Å². The lowest BCUT2D eigenvalue weighted by Gasteiger charge is -2.07. The van der Waals surface area contributed by atoms with Crippen molar-refractivity contribution < 1.29 is 0 Å². The molecule has 0 radical (unpaired) electrons. The maximum Gasteiger partial charge on any atom is -0.0178 e. The van der Waals surface area contributed by atoms with Crippen molar-refractivity contribution in [1.29, 1.82) is 0 Å². The third-order valence-electron chi connectivity index (χ3n) is 3.04. The Morgan fingerprint density at radius 2 is 1.11 bits per heavy atom. The fourth-order valence-corrected chi connectivity index (χ4v) is 1.93. The van der Waals surface area contributed by atoms with Crippen molar-refractivity contribution in [3.05, 3.63) is 72.8 Å². The van der Waals surface area contributed by atoms with Gasteiger partial charge in [-0.05, 0) is 48.2 Å². The summed E-state index contributed by atoms with van der Waals surface area (Å²) in [6, 6.07) is 17.0. The first-order chi connectivity index (χ1) is 8.58. The summed E-state index contributed by atoms with van der Waals surface area (Å²) in [4.78, 5) is 0. The first-order valence-electron chi connectivity index (χ1n) is 6.10. The second-order valence-corrected chi connectivity index (χ2v) is 4.72. The molecule has 2 aromatic carbocycles. The van der Waals surface area contributed by atoms with Crippen molar-refractivity contribution >= 4 is 11.1 Å². The normalized spacial score (nSPS) is 10.1. The third kappa shape index (κ3) is 2.60. The standard InChI is InChI=1S/C18H18/c1-13(2)15-7-5-9-17(11-15)18-10-6-8-16(12-18)14(3)4/h5-12H,1,3H2,2,4H3. The zero-order chi connectivity index (χ0) is 13.1. The summed E-state index contributed by atoms with van der Waals surface area (Å²) in [7, 11) is 0. The van der Waals surface area contributed by atoms with Gasteiger partial charge in [-0.15, -0.1) is 0 Å². The summed E-state index contributed by atoms with van der Waals surface area (Å²) >= 11 is 0. The first kappa shape index (κ1) is 12.4. The van der Waals surface area contributed by atoms with E-state index in [9.17, 15) is 0 Å². The van der Waals surface area contributed by atoms with E-state index >= 15 is 0 Å². The lowest BCUT2D eigenvalue weighted by Crippen LogP contribution is -1.84. The molecule has 2 aromatic rings. The predicted octanol–water partition coefficient (Wildman–Crippen LogP) is 5.42. The average Bonchev–Trinajstić information content (AvgIpc) is 2.39. The second-order valence-electron chi connectivity index (χ2n) is 4.72. The molecule has 90 valence electrons. The Kier molecular flexibility index (Phi) is 3.47. The maximum atomic E-state index is 3.99. The van der Waals surface area contributed by atoms with Crippen LogP contribution in [0.25, 0.3) is 22.3 Å². The van der Waals surface area contributed by atoms with Crippen molar-refractivity contribution in [2.24, 2.45) is 0 Å². The molecule has 0 nitrogen and oxygen atoms in total. The summed E-state index contributed by atoms with van der Waals surface area (Å²) < 4.78 is 0. The predicted molar refractivity (Wildman–Crippen MR) is 81.3 cm³/mol. The molecule has 0 N–H and O–H groups in total. The summed E-state index contributed by atoms with van der Waals surface area (Å²) in [5.41, 5.74) is 7.00. The molecule has 0 aliphatic heterocycles. The molecule has 0 saturated heterocycles. The van der Waals surface area contributed by atoms with Gasteiger partial charge in [0.1, 0.15) is 0 Å². The molecule has 0 unspecified atom stereocenters. The minimum atomic E-state index is 1.09. The van der Waals surface area contributed by atoms with Gasteiger partial charge in [0.15, 0.2) is 0 Å². The van der Waals surface area contributed by atoms with Crippen LogP contribution in [0.1, 0.15) is 25.0 Å². The number of allylic oxidation sites excluding steroid dienone is 2. The Labute approximate surface area is 109 Å². The van der Waals surface area contributed by atoms with Crippen molar-refractivity contribution in [2.75, 3.05) is 0 Å². The van der Waals surface area contributed by atoms with Crippen LogP contribution in [0.5, 0.6) is 0 Å². The van der Waals surface area contributed by atoms with E-state index in [1.54, 1.807) is 0 Å². The largest absolute Gasteiger partial charge is 0.0955 e. The zero-order valence-corrected chi connectivity index (χ0v) is 11.0. The molecule has 0 saturated carbocycles. The van der Waals surface area contributed by atoms with E-state index in [4.69, 9.17) is 0 Å². The van der Waals surface area contributed by atoms with Crippen LogP contribution in [-0.2, 0) is 0 Å². The van der Waals surface area contributed by atoms with Crippen LogP contribution in [-0.4, -0.2) is 0 Å². The maximum absolute atomic E-state index is 3.99. The molecule has 0 aromatic heterocycles. The minimum Gasteiger partial charge on any atom is -0.0955 e. The SMILES string of the molecule is C=C(C)c1cccc(-c2cccc(C(=C)C)c2)c1. The Hall–Kier alpha value is -2.08. The van der Waals surface area contributed by atoms with E-state index in [1.807, 2.05) is 13.8 Å². The lowest BCUT2D eigenvalue weighted by atomic mass is 9.98. The fraction of sp³-hybridized carbons (Fsp3) is 0.111. The van der Waals surface area contributed by atoms with Crippen LogP contribution in [0.3, 0.4) is 0 Å². The summed E-state index contributed by atoms with van der Waals surface area (Å²) in [6.45, 7) is 12.0. The monoisotopic (exact) mass is 234 g/mol. The van der Waals surface area contributed by atoms with Crippen LogP contribution < -0.4 is 0 Å². The molecule has 18 heavy (non-hydrogen) atoms. The Balaban J connectivity index is 2.48. The highest BCUT2D eigenvalue weighted by Crippen LogP contribution is 2.25. The van der Waals surface area contributed by atoms with Gasteiger partial charge in [-0.1, -0.05) is 60.7 Å². The molecule has 2 rings (SSSR count). The molecule has 0 fully saturated rings. The van der Waals surface area contributed by atoms with E-state index in [2.05, 4.69) is 61.7 Å². The number of rotatable bonds is 3. The molecule has 0 heteroatoms. The van der Waals surface area contributed by atoms with Gasteiger partial charge in [-0.2, -0.15) is 0 Å². The van der Waals surface area contributed by atoms with Crippen LogP contribution in [0.2, 0.25) is 0 Å². The van der Waals surface area contributed by atoms with Crippen LogP contribution in [0, 0.1) is 0 Å². The molecular formula is C18H18. The van der Waals surface area contributed by atoms with Gasteiger partial charge in [-0.3, -0.25) is 0 Å². The van der Waals surface area contributed by atoms with Crippen molar-refractivity contribution in [2.45, 2.75) is 13.8 Å². The van der Waals surface area contributed by atoms with E-state index in [0.717, 1.165) is 11.1 Å². The Morgan fingerprint density at radius 3 is 1.44 bits per heavy atom. The van der Waals surface area contributed by atoms with Crippen LogP contribution in [0.15, 0.2) is 61.7 Å². The quantitative estimate of drug-likeness (QED) is 0.665. The smallest absolute Gasteiger partial charge is 0.0178 e. The van der Waals surface area contributed by atoms with Crippen LogP contribution in [0.4, 0.5) is 0 Å². The third-order valence-corrected chi connectivity index (χ3v) is 3.04. The highest BCUT2D eigenvalue weighted by molar-refractivity contribution is 5.74. The van der Waals surface area contributed by atoms with E-state index in [1.165, 1.54) is 22.3 Å². The molecule has 0 atom stereocenters. The zero-order valence-electron chi connectivity index (χ0n) is 11.0. The van der Waals surface area contributed by atoms with Crippen molar-refractivity contribution in [3.8, 4) is 11.1 Å². The van der Waals surface area contributed by atoms with Gasteiger partial charge >= 0.3 is 0 Å². The highest BCUT2D eigenvalue weighted by atomic mass is 14.1.